The molecule has 47 heavy (non-hydrogen) atoms. The average molecular weight is 663 g/mol. The van der Waals surface area contributed by atoms with Crippen LogP contribution in [0.4, 0.5) is 5.69 Å². The molecule has 0 saturated carbocycles. The SMILES string of the molecule is Cc1cc2cc(NC(=N[C@H]3CCCCN(CC(=O)N4CCCC4)C3=O)NC(=O)C3CCN(S(=O)(=O)c4ccccc4)CC3)ccc2o1. The first kappa shape index (κ1) is 32.7. The molecule has 0 radical (unpaired) electrons. The van der Waals surface area contributed by atoms with Crippen LogP contribution in [0.15, 0.2) is 68.9 Å². The Kier molecular flexibility index (Phi) is 9.92. The van der Waals surface area contributed by atoms with Gasteiger partial charge in [-0.1, -0.05) is 18.2 Å². The van der Waals surface area contributed by atoms with Gasteiger partial charge in [-0.3, -0.25) is 19.7 Å². The minimum absolute atomic E-state index is 0.0287. The van der Waals surface area contributed by atoms with Gasteiger partial charge in [0.25, 0.3) is 0 Å². The van der Waals surface area contributed by atoms with E-state index in [1.54, 1.807) is 35.2 Å². The number of carbonyl (C=O) groups is 3. The number of nitrogens with one attached hydrogen (secondary N) is 2. The third-order valence-corrected chi connectivity index (χ3v) is 11.1. The lowest BCUT2D eigenvalue weighted by molar-refractivity contribution is -0.140. The van der Waals surface area contributed by atoms with Gasteiger partial charge in [-0.2, -0.15) is 4.31 Å². The number of nitrogens with zero attached hydrogens (tertiary/aromatic N) is 4. The van der Waals surface area contributed by atoms with Gasteiger partial charge >= 0.3 is 0 Å². The van der Waals surface area contributed by atoms with E-state index < -0.39 is 22.0 Å². The number of fused-ring (bicyclic) bond motifs is 1. The van der Waals surface area contributed by atoms with Crippen molar-refractivity contribution in [3.05, 3.63) is 60.4 Å². The quantitative estimate of drug-likeness (QED) is 0.290. The summed E-state index contributed by atoms with van der Waals surface area (Å²) >= 11 is 0. The maximum Gasteiger partial charge on any atom is 0.247 e. The van der Waals surface area contributed by atoms with E-state index in [0.29, 0.717) is 31.5 Å². The molecule has 3 fully saturated rings. The van der Waals surface area contributed by atoms with E-state index in [2.05, 4.69) is 10.6 Å². The monoisotopic (exact) mass is 662 g/mol. The number of rotatable bonds is 7. The molecule has 0 aliphatic carbocycles. The largest absolute Gasteiger partial charge is 0.461 e. The third-order valence-electron chi connectivity index (χ3n) is 9.17. The molecule has 12 nitrogen and oxygen atoms in total. The third kappa shape index (κ3) is 7.68. The highest BCUT2D eigenvalue weighted by Gasteiger charge is 2.34. The zero-order chi connectivity index (χ0) is 33.0. The van der Waals surface area contributed by atoms with Gasteiger partial charge in [-0.15, -0.1) is 0 Å². The Bertz CT molecular complexity index is 1740. The number of carbonyl (C=O) groups excluding carboxylic acids is 3. The Morgan fingerprint density at radius 1 is 0.915 bits per heavy atom. The topological polar surface area (TPSA) is 145 Å². The molecular weight excluding hydrogens is 620 g/mol. The van der Waals surface area contributed by atoms with E-state index in [1.807, 2.05) is 36.1 Å². The Morgan fingerprint density at radius 2 is 1.64 bits per heavy atom. The lowest BCUT2D eigenvalue weighted by Gasteiger charge is -2.30. The summed E-state index contributed by atoms with van der Waals surface area (Å²) in [6, 6.07) is 15.0. The molecule has 1 aromatic heterocycles. The van der Waals surface area contributed by atoms with Crippen LogP contribution in [-0.2, 0) is 24.4 Å². The minimum Gasteiger partial charge on any atom is -0.461 e. The summed E-state index contributed by atoms with van der Waals surface area (Å²) in [7, 11) is -3.65. The molecular formula is C34H42N6O6S. The molecule has 3 aliphatic heterocycles. The number of aliphatic imine (C=N–C) groups is 1. The van der Waals surface area contributed by atoms with Crippen LogP contribution in [0.2, 0.25) is 0 Å². The first-order valence-corrected chi connectivity index (χ1v) is 17.9. The molecule has 2 N–H and O–H groups in total. The summed E-state index contributed by atoms with van der Waals surface area (Å²) < 4.78 is 33.4. The number of likely N-dealkylation sites (tertiary alicyclic amines) is 2. The molecule has 2 aromatic carbocycles. The van der Waals surface area contributed by atoms with Crippen LogP contribution in [-0.4, -0.2) is 91.5 Å². The molecule has 0 unspecified atom stereocenters. The van der Waals surface area contributed by atoms with E-state index >= 15 is 0 Å². The number of hydrogen-bond donors (Lipinski definition) is 2. The second-order valence-corrected chi connectivity index (χ2v) is 14.5. The second-order valence-electron chi connectivity index (χ2n) is 12.6. The fourth-order valence-corrected chi connectivity index (χ4v) is 8.04. The van der Waals surface area contributed by atoms with E-state index in [-0.39, 0.29) is 48.2 Å². The van der Waals surface area contributed by atoms with Crippen LogP contribution >= 0.6 is 0 Å². The van der Waals surface area contributed by atoms with Crippen molar-refractivity contribution in [2.75, 3.05) is 44.6 Å². The van der Waals surface area contributed by atoms with Crippen LogP contribution < -0.4 is 10.6 Å². The van der Waals surface area contributed by atoms with E-state index in [0.717, 1.165) is 55.5 Å². The average Bonchev–Trinajstić information content (AvgIpc) is 3.71. The Balaban J connectivity index is 1.19. The zero-order valence-electron chi connectivity index (χ0n) is 26.7. The maximum atomic E-state index is 13.7. The molecule has 250 valence electrons. The molecule has 0 bridgehead atoms. The van der Waals surface area contributed by atoms with Crippen molar-refractivity contribution in [1.29, 1.82) is 0 Å². The van der Waals surface area contributed by atoms with Crippen molar-refractivity contribution in [3.63, 3.8) is 0 Å². The maximum absolute atomic E-state index is 13.7. The number of furan rings is 1. The minimum atomic E-state index is -3.65. The second kappa shape index (κ2) is 14.3. The number of anilines is 1. The number of piperidine rings is 1. The van der Waals surface area contributed by atoms with Crippen molar-refractivity contribution < 1.29 is 27.2 Å². The Morgan fingerprint density at radius 3 is 2.38 bits per heavy atom. The van der Waals surface area contributed by atoms with Gasteiger partial charge in [-0.05, 0) is 88.3 Å². The first-order valence-electron chi connectivity index (χ1n) is 16.4. The predicted octanol–water partition coefficient (Wildman–Crippen LogP) is 3.73. The number of hydrogen-bond acceptors (Lipinski definition) is 7. The fraction of sp³-hybridized carbons (Fsp3) is 0.471. The number of amides is 3. The van der Waals surface area contributed by atoms with Crippen LogP contribution in [0, 0.1) is 12.8 Å². The highest BCUT2D eigenvalue weighted by atomic mass is 32.2. The van der Waals surface area contributed by atoms with Gasteiger partial charge < -0.3 is 19.5 Å². The van der Waals surface area contributed by atoms with Gasteiger partial charge in [0.15, 0.2) is 0 Å². The number of sulfonamides is 1. The Hall–Kier alpha value is -4.23. The van der Waals surface area contributed by atoms with Gasteiger partial charge in [0.05, 0.1) is 11.4 Å². The summed E-state index contributed by atoms with van der Waals surface area (Å²) in [6.45, 7) is 4.26. The summed E-state index contributed by atoms with van der Waals surface area (Å²) in [5.74, 6) is -0.106. The molecule has 13 heteroatoms. The lowest BCUT2D eigenvalue weighted by atomic mass is 9.97. The molecule has 0 spiro atoms. The van der Waals surface area contributed by atoms with Crippen molar-refractivity contribution in [1.82, 2.24) is 19.4 Å². The van der Waals surface area contributed by atoms with Crippen LogP contribution in [0.1, 0.15) is 50.7 Å². The molecule has 3 amide bonds. The van der Waals surface area contributed by atoms with Crippen LogP contribution in [0.5, 0.6) is 0 Å². The smallest absolute Gasteiger partial charge is 0.247 e. The number of guanidine groups is 1. The molecule has 3 aromatic rings. The zero-order valence-corrected chi connectivity index (χ0v) is 27.5. The van der Waals surface area contributed by atoms with Crippen LogP contribution in [0.3, 0.4) is 0 Å². The highest BCUT2D eigenvalue weighted by molar-refractivity contribution is 7.89. The normalized spacial score (nSPS) is 20.4. The van der Waals surface area contributed by atoms with E-state index in [9.17, 15) is 22.8 Å². The summed E-state index contributed by atoms with van der Waals surface area (Å²) in [5, 5.41) is 7.02. The van der Waals surface area contributed by atoms with Crippen molar-refractivity contribution in [2.24, 2.45) is 10.9 Å². The van der Waals surface area contributed by atoms with E-state index in [1.165, 1.54) is 4.31 Å². The van der Waals surface area contributed by atoms with Crippen molar-refractivity contribution >= 4 is 50.4 Å². The summed E-state index contributed by atoms with van der Waals surface area (Å²) in [5.41, 5.74) is 1.38. The Labute approximate surface area is 275 Å². The summed E-state index contributed by atoms with van der Waals surface area (Å²) in [4.78, 5) is 48.7. The highest BCUT2D eigenvalue weighted by Crippen LogP contribution is 2.26. The lowest BCUT2D eigenvalue weighted by Crippen LogP contribution is -2.47. The first-order chi connectivity index (χ1) is 22.7. The van der Waals surface area contributed by atoms with Gasteiger partial charge in [0.2, 0.25) is 33.7 Å². The summed E-state index contributed by atoms with van der Waals surface area (Å²) in [6.07, 6.45) is 4.66. The van der Waals surface area contributed by atoms with Gasteiger partial charge in [0, 0.05) is 49.7 Å². The molecule has 4 heterocycles. The molecule has 3 aliphatic rings. The molecule has 6 rings (SSSR count). The number of benzene rings is 2. The number of aryl methyl sites for hydroxylation is 1. The van der Waals surface area contributed by atoms with Crippen molar-refractivity contribution in [2.45, 2.75) is 62.8 Å². The standard InChI is InChI=1S/C34H42N6O6S/c1-24-21-26-22-27(12-13-30(26)46-24)35-34(36-29-11-5-6-18-39(33(29)43)23-31(41)38-16-7-8-17-38)37-32(42)25-14-19-40(20-15-25)47(44,45)28-9-3-2-4-10-28/h2-4,9-10,12-13,21-22,25,29H,5-8,11,14-20,23H2,1H3,(H2,35,36,37,42)/t29-/m0/s1. The fourth-order valence-electron chi connectivity index (χ4n) is 6.55. The van der Waals surface area contributed by atoms with Crippen molar-refractivity contribution in [3.8, 4) is 0 Å². The van der Waals surface area contributed by atoms with Crippen LogP contribution in [0.25, 0.3) is 11.0 Å². The predicted molar refractivity (Wildman–Crippen MR) is 178 cm³/mol. The van der Waals surface area contributed by atoms with Gasteiger partial charge in [0.1, 0.15) is 17.4 Å². The molecule has 1 atom stereocenters. The molecule has 3 saturated heterocycles. The van der Waals surface area contributed by atoms with E-state index in [4.69, 9.17) is 9.41 Å². The van der Waals surface area contributed by atoms with Gasteiger partial charge in [-0.25, -0.2) is 13.4 Å².